The fourth-order valence-corrected chi connectivity index (χ4v) is 4.06. The second-order valence-electron chi connectivity index (χ2n) is 4.80. The van der Waals surface area contributed by atoms with E-state index in [0.717, 1.165) is 0 Å². The van der Waals surface area contributed by atoms with Gasteiger partial charge in [-0.25, -0.2) is 8.42 Å². The number of hydrogen-bond acceptors (Lipinski definition) is 3. The number of halogens is 1. The van der Waals surface area contributed by atoms with E-state index in [9.17, 15) is 13.2 Å². The van der Waals surface area contributed by atoms with Crippen molar-refractivity contribution in [1.29, 1.82) is 0 Å². The summed E-state index contributed by atoms with van der Waals surface area (Å²) in [4.78, 5) is 11.6. The quantitative estimate of drug-likeness (QED) is 0.840. The van der Waals surface area contributed by atoms with Crippen molar-refractivity contribution < 1.29 is 13.2 Å². The van der Waals surface area contributed by atoms with E-state index in [2.05, 4.69) is 0 Å². The minimum absolute atomic E-state index is 0.0467. The lowest BCUT2D eigenvalue weighted by Gasteiger charge is -2.17. The Balaban J connectivity index is 2.49. The van der Waals surface area contributed by atoms with Crippen LogP contribution in [0, 0.1) is 0 Å². The molecule has 5 heteroatoms. The number of Topliss-reactive ketones (excluding diaryl/α,β-unsaturated/α-hetero) is 1. The Morgan fingerprint density at radius 3 is 2.14 bits per heavy atom. The second-order valence-corrected chi connectivity index (χ2v) is 7.37. The van der Waals surface area contributed by atoms with Gasteiger partial charge in [0.05, 0.1) is 10.1 Å². The third-order valence-electron chi connectivity index (χ3n) is 3.16. The molecular formula is C16H15ClO3S. The highest BCUT2D eigenvalue weighted by Crippen LogP contribution is 2.32. The number of benzene rings is 2. The first kappa shape index (κ1) is 15.7. The molecule has 0 spiro atoms. The molecule has 2 aromatic carbocycles. The van der Waals surface area contributed by atoms with Gasteiger partial charge in [-0.2, -0.15) is 0 Å². The van der Waals surface area contributed by atoms with Crippen LogP contribution in [0.4, 0.5) is 0 Å². The van der Waals surface area contributed by atoms with Crippen molar-refractivity contribution in [3.05, 3.63) is 65.2 Å². The molecule has 0 aliphatic rings. The maximum Gasteiger partial charge on any atom is 0.185 e. The first-order valence-electron chi connectivity index (χ1n) is 6.45. The normalized spacial score (nSPS) is 12.9. The molecule has 110 valence electrons. The smallest absolute Gasteiger partial charge is 0.185 e. The first-order valence-corrected chi connectivity index (χ1v) is 8.37. The second kappa shape index (κ2) is 6.41. The van der Waals surface area contributed by atoms with Crippen LogP contribution >= 0.6 is 11.6 Å². The molecule has 0 N–H and O–H groups in total. The number of carbonyl (C=O) groups excluding carboxylic acids is 1. The lowest BCUT2D eigenvalue weighted by Crippen LogP contribution is -2.16. The zero-order chi connectivity index (χ0) is 15.5. The van der Waals surface area contributed by atoms with Gasteiger partial charge < -0.3 is 0 Å². The molecule has 0 radical (unpaired) electrons. The summed E-state index contributed by atoms with van der Waals surface area (Å²) in [6.45, 7) is 1.40. The molecular weight excluding hydrogens is 308 g/mol. The van der Waals surface area contributed by atoms with Gasteiger partial charge in [0.2, 0.25) is 0 Å². The third-order valence-corrected chi connectivity index (χ3v) is 5.53. The van der Waals surface area contributed by atoms with Crippen molar-refractivity contribution in [2.45, 2.75) is 23.5 Å². The predicted molar refractivity (Wildman–Crippen MR) is 83.1 cm³/mol. The molecule has 1 atom stereocenters. The fourth-order valence-electron chi connectivity index (χ4n) is 2.12. The maximum atomic E-state index is 12.8. The SMILES string of the molecule is CC(=O)C[C@@H](c1ccccc1)S(=O)(=O)c1ccc(Cl)cc1. The Labute approximate surface area is 129 Å². The summed E-state index contributed by atoms with van der Waals surface area (Å²) >= 11 is 5.79. The lowest BCUT2D eigenvalue weighted by atomic mass is 10.1. The summed E-state index contributed by atoms with van der Waals surface area (Å²) in [7, 11) is -3.65. The largest absolute Gasteiger partial charge is 0.300 e. The molecule has 0 unspecified atom stereocenters. The molecule has 0 aliphatic carbocycles. The van der Waals surface area contributed by atoms with Crippen molar-refractivity contribution in [3.8, 4) is 0 Å². The molecule has 0 aromatic heterocycles. The van der Waals surface area contributed by atoms with Gasteiger partial charge >= 0.3 is 0 Å². The minimum atomic E-state index is -3.65. The molecule has 0 aliphatic heterocycles. The number of hydrogen-bond donors (Lipinski definition) is 0. The molecule has 2 rings (SSSR count). The van der Waals surface area contributed by atoms with Crippen LogP contribution in [0.1, 0.15) is 24.2 Å². The molecule has 0 saturated carbocycles. The average molecular weight is 323 g/mol. The van der Waals surface area contributed by atoms with Gasteiger partial charge in [0.1, 0.15) is 5.78 Å². The van der Waals surface area contributed by atoms with Crippen LogP contribution in [0.3, 0.4) is 0 Å². The first-order chi connectivity index (χ1) is 9.91. The van der Waals surface area contributed by atoms with Crippen LogP contribution in [0.2, 0.25) is 5.02 Å². The van der Waals surface area contributed by atoms with Gasteiger partial charge in [-0.1, -0.05) is 41.9 Å². The lowest BCUT2D eigenvalue weighted by molar-refractivity contribution is -0.117. The standard InChI is InChI=1S/C16H15ClO3S/c1-12(18)11-16(13-5-3-2-4-6-13)21(19,20)15-9-7-14(17)8-10-15/h2-10,16H,11H2,1H3/t16-/m0/s1. The zero-order valence-corrected chi connectivity index (χ0v) is 13.1. The van der Waals surface area contributed by atoms with E-state index in [-0.39, 0.29) is 17.1 Å². The summed E-state index contributed by atoms with van der Waals surface area (Å²) in [5.41, 5.74) is 0.614. The molecule has 0 heterocycles. The highest BCUT2D eigenvalue weighted by molar-refractivity contribution is 7.91. The van der Waals surface area contributed by atoms with E-state index in [1.165, 1.54) is 31.2 Å². The van der Waals surface area contributed by atoms with Gasteiger partial charge in [-0.15, -0.1) is 0 Å². The molecule has 0 bridgehead atoms. The topological polar surface area (TPSA) is 51.2 Å². The van der Waals surface area contributed by atoms with Gasteiger partial charge in [0, 0.05) is 11.4 Å². The fraction of sp³-hybridized carbons (Fsp3) is 0.188. The number of carbonyl (C=O) groups is 1. The summed E-state index contributed by atoms with van der Waals surface area (Å²) in [5, 5.41) is -0.408. The Kier molecular flexibility index (Phi) is 4.80. The Bertz CT molecular complexity index is 722. The van der Waals surface area contributed by atoms with Crippen LogP contribution in [0.25, 0.3) is 0 Å². The van der Waals surface area contributed by atoms with Crippen LogP contribution in [-0.2, 0) is 14.6 Å². The molecule has 0 saturated heterocycles. The summed E-state index contributed by atoms with van der Waals surface area (Å²) in [5.74, 6) is -0.165. The summed E-state index contributed by atoms with van der Waals surface area (Å²) < 4.78 is 25.6. The van der Waals surface area contributed by atoms with Gasteiger partial charge in [0.15, 0.2) is 9.84 Å². The Morgan fingerprint density at radius 1 is 1.05 bits per heavy atom. The van der Waals surface area contributed by atoms with E-state index < -0.39 is 15.1 Å². The highest BCUT2D eigenvalue weighted by Gasteiger charge is 2.30. The third kappa shape index (κ3) is 3.71. The number of sulfone groups is 1. The molecule has 0 fully saturated rings. The van der Waals surface area contributed by atoms with E-state index in [1.54, 1.807) is 24.3 Å². The predicted octanol–water partition coefficient (Wildman–Crippen LogP) is 3.83. The summed E-state index contributed by atoms with van der Waals surface area (Å²) in [6.07, 6.45) is -0.0467. The molecule has 3 nitrogen and oxygen atoms in total. The van der Waals surface area contributed by atoms with Crippen LogP contribution in [0.5, 0.6) is 0 Å². The van der Waals surface area contributed by atoms with E-state index in [0.29, 0.717) is 10.6 Å². The van der Waals surface area contributed by atoms with E-state index >= 15 is 0 Å². The van der Waals surface area contributed by atoms with Crippen LogP contribution in [0.15, 0.2) is 59.5 Å². The van der Waals surface area contributed by atoms with Crippen molar-refractivity contribution in [1.82, 2.24) is 0 Å². The average Bonchev–Trinajstić information content (AvgIpc) is 2.46. The number of ketones is 1. The zero-order valence-electron chi connectivity index (χ0n) is 11.5. The van der Waals surface area contributed by atoms with Crippen molar-refractivity contribution in [3.63, 3.8) is 0 Å². The Hall–Kier alpha value is -1.65. The number of rotatable bonds is 5. The van der Waals surface area contributed by atoms with E-state index in [1.807, 2.05) is 6.07 Å². The van der Waals surface area contributed by atoms with Gasteiger partial charge in [-0.3, -0.25) is 4.79 Å². The summed E-state index contributed by atoms with van der Waals surface area (Å²) in [6, 6.07) is 14.8. The van der Waals surface area contributed by atoms with Crippen molar-refractivity contribution in [2.24, 2.45) is 0 Å². The monoisotopic (exact) mass is 322 g/mol. The van der Waals surface area contributed by atoms with E-state index in [4.69, 9.17) is 11.6 Å². The van der Waals surface area contributed by atoms with Crippen molar-refractivity contribution >= 4 is 27.2 Å². The van der Waals surface area contributed by atoms with Gasteiger partial charge in [-0.05, 0) is 36.8 Å². The highest BCUT2D eigenvalue weighted by atomic mass is 35.5. The maximum absolute atomic E-state index is 12.8. The molecule has 21 heavy (non-hydrogen) atoms. The Morgan fingerprint density at radius 2 is 1.62 bits per heavy atom. The van der Waals surface area contributed by atoms with Crippen molar-refractivity contribution in [2.75, 3.05) is 0 Å². The minimum Gasteiger partial charge on any atom is -0.300 e. The van der Waals surface area contributed by atoms with Crippen LogP contribution in [-0.4, -0.2) is 14.2 Å². The molecule has 0 amide bonds. The van der Waals surface area contributed by atoms with Crippen LogP contribution < -0.4 is 0 Å². The molecule has 2 aromatic rings. The van der Waals surface area contributed by atoms with Gasteiger partial charge in [0.25, 0.3) is 0 Å².